The minimum absolute atomic E-state index is 0.218. The summed E-state index contributed by atoms with van der Waals surface area (Å²) in [6.07, 6.45) is 8.18. The van der Waals surface area contributed by atoms with Gasteiger partial charge < -0.3 is 10.7 Å². The summed E-state index contributed by atoms with van der Waals surface area (Å²) in [5.74, 6) is 5.51. The number of anilines is 1. The molecule has 1 heterocycles. The highest BCUT2D eigenvalue weighted by Gasteiger charge is 2.18. The molecule has 1 aromatic rings. The molecule has 0 atom stereocenters. The molecule has 0 radical (unpaired) electrons. The van der Waals surface area contributed by atoms with Crippen LogP contribution in [0.5, 0.6) is 0 Å². The maximum Gasteiger partial charge on any atom is 0.271 e. The van der Waals surface area contributed by atoms with Crippen molar-refractivity contribution in [3.05, 3.63) is 22.8 Å². The van der Waals surface area contributed by atoms with Gasteiger partial charge in [-0.1, -0.05) is 43.7 Å². The van der Waals surface area contributed by atoms with E-state index in [1.165, 1.54) is 19.3 Å². The van der Waals surface area contributed by atoms with Crippen LogP contribution in [0.25, 0.3) is 0 Å². The molecule has 0 aliphatic heterocycles. The van der Waals surface area contributed by atoms with Crippen molar-refractivity contribution >= 4 is 23.3 Å². The Morgan fingerprint density at radius 3 is 2.50 bits per heavy atom. The summed E-state index contributed by atoms with van der Waals surface area (Å²) in [4.78, 5) is 16.4. The minimum atomic E-state index is -0.224. The quantitative estimate of drug-likeness (QED) is 0.592. The number of hydrazine groups is 1. The molecule has 0 unspecified atom stereocenters. The average molecular weight is 297 g/mol. The first-order chi connectivity index (χ1) is 9.70. The Hall–Kier alpha value is -1.33. The fraction of sp³-hybridized carbons (Fsp3) is 0.571. The summed E-state index contributed by atoms with van der Waals surface area (Å²) in [7, 11) is 0. The lowest BCUT2D eigenvalue weighted by atomic mass is 9.96. The Balaban J connectivity index is 2.03. The van der Waals surface area contributed by atoms with Gasteiger partial charge in [0.1, 0.15) is 11.5 Å². The number of rotatable bonds is 3. The van der Waals surface area contributed by atoms with E-state index in [0.29, 0.717) is 10.8 Å². The molecule has 1 aliphatic carbocycles. The summed E-state index contributed by atoms with van der Waals surface area (Å²) in [6, 6.07) is 3.47. The number of halogens is 1. The first kappa shape index (κ1) is 15.1. The number of pyridine rings is 1. The van der Waals surface area contributed by atoms with Crippen LogP contribution in [-0.4, -0.2) is 16.9 Å². The predicted molar refractivity (Wildman–Crippen MR) is 80.6 cm³/mol. The Kier molecular flexibility index (Phi) is 5.61. The van der Waals surface area contributed by atoms with Gasteiger partial charge in [-0.25, -0.2) is 10.8 Å². The van der Waals surface area contributed by atoms with Crippen molar-refractivity contribution in [1.29, 1.82) is 0 Å². The zero-order valence-electron chi connectivity index (χ0n) is 11.5. The smallest absolute Gasteiger partial charge is 0.271 e. The van der Waals surface area contributed by atoms with Crippen molar-refractivity contribution in [2.24, 2.45) is 5.84 Å². The van der Waals surface area contributed by atoms with E-state index in [1.54, 1.807) is 12.1 Å². The molecule has 1 aromatic heterocycles. The molecule has 0 aromatic carbocycles. The van der Waals surface area contributed by atoms with Gasteiger partial charge in [-0.05, 0) is 25.0 Å². The number of carbonyl (C=O) groups is 1. The van der Waals surface area contributed by atoms with E-state index >= 15 is 0 Å². The van der Waals surface area contributed by atoms with Gasteiger partial charge in [0.2, 0.25) is 0 Å². The highest BCUT2D eigenvalue weighted by atomic mass is 35.5. The van der Waals surface area contributed by atoms with Crippen molar-refractivity contribution < 1.29 is 4.79 Å². The molecule has 1 amide bonds. The maximum atomic E-state index is 12.3. The van der Waals surface area contributed by atoms with Crippen LogP contribution in [0.15, 0.2) is 12.1 Å². The lowest BCUT2D eigenvalue weighted by Crippen LogP contribution is -2.36. The third-order valence-corrected chi connectivity index (χ3v) is 3.95. The highest BCUT2D eigenvalue weighted by Crippen LogP contribution is 2.19. The van der Waals surface area contributed by atoms with Crippen molar-refractivity contribution in [2.45, 2.75) is 51.0 Å². The van der Waals surface area contributed by atoms with Crippen LogP contribution in [0.2, 0.25) is 5.02 Å². The molecule has 1 aliphatic rings. The van der Waals surface area contributed by atoms with Gasteiger partial charge in [-0.2, -0.15) is 0 Å². The summed E-state index contributed by atoms with van der Waals surface area (Å²) >= 11 is 6.03. The number of hydrogen-bond donors (Lipinski definition) is 3. The number of nitrogens with one attached hydrogen (secondary N) is 2. The van der Waals surface area contributed by atoms with Gasteiger partial charge in [0.15, 0.2) is 0 Å². The van der Waals surface area contributed by atoms with E-state index in [0.717, 1.165) is 25.7 Å². The van der Waals surface area contributed by atoms with Gasteiger partial charge in [-0.15, -0.1) is 0 Å². The second kappa shape index (κ2) is 7.45. The monoisotopic (exact) mass is 296 g/mol. The number of nitrogen functional groups attached to an aromatic ring is 1. The van der Waals surface area contributed by atoms with E-state index in [2.05, 4.69) is 15.7 Å². The van der Waals surface area contributed by atoms with Gasteiger partial charge in [0.25, 0.3) is 5.91 Å². The highest BCUT2D eigenvalue weighted by molar-refractivity contribution is 6.33. The topological polar surface area (TPSA) is 80.0 Å². The Morgan fingerprint density at radius 1 is 1.20 bits per heavy atom. The molecule has 1 saturated carbocycles. The van der Waals surface area contributed by atoms with Crippen LogP contribution in [-0.2, 0) is 0 Å². The van der Waals surface area contributed by atoms with Crippen LogP contribution >= 0.6 is 11.6 Å². The van der Waals surface area contributed by atoms with Gasteiger partial charge in [0.05, 0.1) is 5.02 Å². The molecule has 1 fully saturated rings. The summed E-state index contributed by atoms with van der Waals surface area (Å²) in [6.45, 7) is 0. The van der Waals surface area contributed by atoms with Crippen LogP contribution in [0.3, 0.4) is 0 Å². The normalized spacial score (nSPS) is 17.1. The van der Waals surface area contributed by atoms with Crippen LogP contribution < -0.4 is 16.6 Å². The largest absolute Gasteiger partial charge is 0.348 e. The van der Waals surface area contributed by atoms with E-state index in [4.69, 9.17) is 17.4 Å². The van der Waals surface area contributed by atoms with E-state index < -0.39 is 0 Å². The Labute approximate surface area is 124 Å². The number of nitrogens with zero attached hydrogens (tertiary/aromatic N) is 1. The van der Waals surface area contributed by atoms with E-state index in [9.17, 15) is 4.79 Å². The van der Waals surface area contributed by atoms with Gasteiger partial charge in [-0.3, -0.25) is 4.79 Å². The number of hydrogen-bond acceptors (Lipinski definition) is 4. The standard InChI is InChI=1S/C14H21ClN4O/c15-11-8-9-12(19-16)18-13(11)14(20)17-10-6-4-2-1-3-5-7-10/h8-10H,1-7,16H2,(H,17,20)(H,18,19). The van der Waals surface area contributed by atoms with E-state index in [-0.39, 0.29) is 17.6 Å². The fourth-order valence-electron chi connectivity index (χ4n) is 2.54. The molecule has 110 valence electrons. The number of amides is 1. The molecule has 4 N–H and O–H groups in total. The molecule has 0 saturated heterocycles. The SMILES string of the molecule is NNc1ccc(Cl)c(C(=O)NC2CCCCCCC2)n1. The Bertz CT molecular complexity index is 458. The van der Waals surface area contributed by atoms with Crippen molar-refractivity contribution in [3.63, 3.8) is 0 Å². The van der Waals surface area contributed by atoms with Gasteiger partial charge in [0, 0.05) is 6.04 Å². The van der Waals surface area contributed by atoms with Crippen LogP contribution in [0, 0.1) is 0 Å². The zero-order chi connectivity index (χ0) is 14.4. The maximum absolute atomic E-state index is 12.3. The predicted octanol–water partition coefficient (Wildman–Crippen LogP) is 2.86. The molecular weight excluding hydrogens is 276 g/mol. The summed E-state index contributed by atoms with van der Waals surface area (Å²) in [5.41, 5.74) is 2.65. The first-order valence-corrected chi connectivity index (χ1v) is 7.52. The molecule has 2 rings (SSSR count). The minimum Gasteiger partial charge on any atom is -0.348 e. The fourth-order valence-corrected chi connectivity index (χ4v) is 2.73. The second-order valence-electron chi connectivity index (χ2n) is 5.19. The van der Waals surface area contributed by atoms with E-state index in [1.807, 2.05) is 0 Å². The molecular formula is C14H21ClN4O. The van der Waals surface area contributed by atoms with Crippen molar-refractivity contribution in [1.82, 2.24) is 10.3 Å². The van der Waals surface area contributed by atoms with Crippen molar-refractivity contribution in [2.75, 3.05) is 5.43 Å². The molecule has 20 heavy (non-hydrogen) atoms. The Morgan fingerprint density at radius 2 is 1.85 bits per heavy atom. The van der Waals surface area contributed by atoms with Crippen LogP contribution in [0.1, 0.15) is 55.4 Å². The van der Waals surface area contributed by atoms with Crippen molar-refractivity contribution in [3.8, 4) is 0 Å². The molecule has 5 nitrogen and oxygen atoms in total. The van der Waals surface area contributed by atoms with Crippen LogP contribution in [0.4, 0.5) is 5.82 Å². The summed E-state index contributed by atoms with van der Waals surface area (Å²) in [5, 5.41) is 3.38. The lowest BCUT2D eigenvalue weighted by molar-refractivity contribution is 0.0925. The molecule has 0 spiro atoms. The zero-order valence-corrected chi connectivity index (χ0v) is 12.2. The first-order valence-electron chi connectivity index (χ1n) is 7.14. The van der Waals surface area contributed by atoms with Gasteiger partial charge >= 0.3 is 0 Å². The lowest BCUT2D eigenvalue weighted by Gasteiger charge is -2.21. The number of aromatic nitrogens is 1. The average Bonchev–Trinajstić information content (AvgIpc) is 2.42. The number of nitrogens with two attached hydrogens (primary N) is 1. The molecule has 6 heteroatoms. The molecule has 0 bridgehead atoms. The second-order valence-corrected chi connectivity index (χ2v) is 5.59. The summed E-state index contributed by atoms with van der Waals surface area (Å²) < 4.78 is 0. The third kappa shape index (κ3) is 4.08. The number of carbonyl (C=O) groups excluding carboxylic acids is 1. The third-order valence-electron chi connectivity index (χ3n) is 3.65.